The molecule has 0 fully saturated rings. The predicted octanol–water partition coefficient (Wildman–Crippen LogP) is 3.01. The van der Waals surface area contributed by atoms with Crippen LogP contribution >= 0.6 is 11.6 Å². The Balaban J connectivity index is 2.48. The van der Waals surface area contributed by atoms with E-state index in [0.717, 1.165) is 6.33 Å². The Bertz CT molecular complexity index is 727. The number of halogens is 1. The number of hydrogen-bond donors (Lipinski definition) is 0. The molecule has 1 aromatic carbocycles. The van der Waals surface area contributed by atoms with Crippen LogP contribution in [0.5, 0.6) is 11.6 Å². The summed E-state index contributed by atoms with van der Waals surface area (Å²) in [6.07, 6.45) is 1.06. The van der Waals surface area contributed by atoms with E-state index < -0.39 is 10.6 Å². The van der Waals surface area contributed by atoms with Crippen LogP contribution < -0.4 is 4.74 Å². The average Bonchev–Trinajstić information content (AvgIpc) is 2.41. The fourth-order valence-electron chi connectivity index (χ4n) is 1.45. The number of aromatic nitrogens is 2. The van der Waals surface area contributed by atoms with Gasteiger partial charge in [0.1, 0.15) is 12.1 Å². The molecule has 2 aromatic rings. The number of benzene rings is 1. The number of nitriles is 1. The molecular formula is C12H7ClN4O3. The van der Waals surface area contributed by atoms with E-state index in [9.17, 15) is 10.1 Å². The highest BCUT2D eigenvalue weighted by molar-refractivity contribution is 6.31. The van der Waals surface area contributed by atoms with Crippen molar-refractivity contribution in [2.45, 2.75) is 6.92 Å². The van der Waals surface area contributed by atoms with Crippen LogP contribution in [0.3, 0.4) is 0 Å². The predicted molar refractivity (Wildman–Crippen MR) is 69.7 cm³/mol. The molecule has 0 aliphatic rings. The summed E-state index contributed by atoms with van der Waals surface area (Å²) in [6, 6.07) is 6.71. The Labute approximate surface area is 118 Å². The van der Waals surface area contributed by atoms with Crippen LogP contribution in [0.4, 0.5) is 5.69 Å². The van der Waals surface area contributed by atoms with E-state index in [1.54, 1.807) is 19.1 Å². The molecule has 0 saturated carbocycles. The molecule has 100 valence electrons. The van der Waals surface area contributed by atoms with Crippen molar-refractivity contribution in [1.82, 2.24) is 9.97 Å². The minimum absolute atomic E-state index is 0.270. The van der Waals surface area contributed by atoms with Gasteiger partial charge in [-0.3, -0.25) is 10.1 Å². The van der Waals surface area contributed by atoms with Gasteiger partial charge in [0.05, 0.1) is 16.6 Å². The second kappa shape index (κ2) is 5.50. The number of aryl methyl sites for hydroxylation is 1. The molecule has 7 nitrogen and oxygen atoms in total. The van der Waals surface area contributed by atoms with Gasteiger partial charge in [-0.2, -0.15) is 10.2 Å². The molecule has 1 aromatic heterocycles. The Morgan fingerprint density at radius 2 is 2.20 bits per heavy atom. The average molecular weight is 291 g/mol. The first-order chi connectivity index (χ1) is 9.52. The van der Waals surface area contributed by atoms with Gasteiger partial charge >= 0.3 is 11.6 Å². The SMILES string of the molecule is Cc1ccc(C#N)cc1Oc1ncnc(Cl)c1[N+](=O)[O-]. The molecule has 20 heavy (non-hydrogen) atoms. The van der Waals surface area contributed by atoms with Crippen molar-refractivity contribution < 1.29 is 9.66 Å². The number of nitro groups is 1. The van der Waals surface area contributed by atoms with Gasteiger partial charge in [-0.05, 0) is 24.6 Å². The Morgan fingerprint density at radius 3 is 2.85 bits per heavy atom. The molecule has 8 heteroatoms. The third-order valence-corrected chi connectivity index (χ3v) is 2.73. The first kappa shape index (κ1) is 13.7. The first-order valence-corrected chi connectivity index (χ1v) is 5.74. The molecule has 0 spiro atoms. The van der Waals surface area contributed by atoms with E-state index in [-0.39, 0.29) is 11.0 Å². The number of rotatable bonds is 3. The lowest BCUT2D eigenvalue weighted by atomic mass is 10.1. The minimum Gasteiger partial charge on any atom is -0.433 e. The van der Waals surface area contributed by atoms with Crippen molar-refractivity contribution in [2.24, 2.45) is 0 Å². The zero-order valence-electron chi connectivity index (χ0n) is 10.2. The van der Waals surface area contributed by atoms with Gasteiger partial charge in [0, 0.05) is 0 Å². The Kier molecular flexibility index (Phi) is 3.77. The van der Waals surface area contributed by atoms with E-state index in [0.29, 0.717) is 16.9 Å². The quantitative estimate of drug-likeness (QED) is 0.489. The summed E-state index contributed by atoms with van der Waals surface area (Å²) in [4.78, 5) is 17.5. The van der Waals surface area contributed by atoms with E-state index in [1.807, 2.05) is 6.07 Å². The van der Waals surface area contributed by atoms with Gasteiger partial charge in [0.2, 0.25) is 5.15 Å². The minimum atomic E-state index is -0.721. The van der Waals surface area contributed by atoms with E-state index in [1.165, 1.54) is 6.07 Å². The van der Waals surface area contributed by atoms with Crippen LogP contribution in [-0.4, -0.2) is 14.9 Å². The highest BCUT2D eigenvalue weighted by Gasteiger charge is 2.24. The van der Waals surface area contributed by atoms with Crippen LogP contribution in [0.2, 0.25) is 5.15 Å². The maximum atomic E-state index is 10.9. The van der Waals surface area contributed by atoms with E-state index >= 15 is 0 Å². The van der Waals surface area contributed by atoms with Crippen LogP contribution in [0, 0.1) is 28.4 Å². The first-order valence-electron chi connectivity index (χ1n) is 5.36. The zero-order chi connectivity index (χ0) is 14.7. The molecular weight excluding hydrogens is 284 g/mol. The largest absolute Gasteiger partial charge is 0.433 e. The number of nitrogens with zero attached hydrogens (tertiary/aromatic N) is 4. The summed E-state index contributed by atoms with van der Waals surface area (Å²) in [5.74, 6) is 0.0232. The molecule has 0 amide bonds. The van der Waals surface area contributed by atoms with Crippen LogP contribution in [0.1, 0.15) is 11.1 Å². The summed E-state index contributed by atoms with van der Waals surface area (Å²) in [6.45, 7) is 1.74. The topological polar surface area (TPSA) is 102 Å². The maximum absolute atomic E-state index is 10.9. The highest BCUT2D eigenvalue weighted by atomic mass is 35.5. The number of ether oxygens (including phenoxy) is 1. The molecule has 0 radical (unpaired) electrons. The molecule has 0 N–H and O–H groups in total. The maximum Gasteiger partial charge on any atom is 0.368 e. The molecule has 1 heterocycles. The molecule has 0 unspecified atom stereocenters. The monoisotopic (exact) mass is 290 g/mol. The van der Waals surface area contributed by atoms with Crippen molar-refractivity contribution in [3.63, 3.8) is 0 Å². The van der Waals surface area contributed by atoms with Gasteiger partial charge in [0.25, 0.3) is 0 Å². The lowest BCUT2D eigenvalue weighted by Crippen LogP contribution is -1.99. The molecule has 0 aliphatic heterocycles. The van der Waals surface area contributed by atoms with Gasteiger partial charge in [-0.25, -0.2) is 4.98 Å². The lowest BCUT2D eigenvalue weighted by Gasteiger charge is -2.08. The smallest absolute Gasteiger partial charge is 0.368 e. The summed E-state index contributed by atoms with van der Waals surface area (Å²) in [5.41, 5.74) is 0.553. The summed E-state index contributed by atoms with van der Waals surface area (Å²) in [7, 11) is 0. The van der Waals surface area contributed by atoms with Crippen molar-refractivity contribution >= 4 is 17.3 Å². The van der Waals surface area contributed by atoms with Crippen molar-refractivity contribution in [1.29, 1.82) is 5.26 Å². The van der Waals surface area contributed by atoms with Crippen LogP contribution in [0.15, 0.2) is 24.5 Å². The third-order valence-electron chi connectivity index (χ3n) is 2.45. The van der Waals surface area contributed by atoms with Crippen LogP contribution in [0.25, 0.3) is 0 Å². The highest BCUT2D eigenvalue weighted by Crippen LogP contribution is 2.34. The fourth-order valence-corrected chi connectivity index (χ4v) is 1.65. The summed E-state index contributed by atoms with van der Waals surface area (Å²) >= 11 is 5.66. The van der Waals surface area contributed by atoms with Gasteiger partial charge < -0.3 is 4.74 Å². The van der Waals surface area contributed by atoms with Gasteiger partial charge in [0.15, 0.2) is 0 Å². The zero-order valence-corrected chi connectivity index (χ0v) is 11.0. The Hall–Kier alpha value is -2.72. The van der Waals surface area contributed by atoms with E-state index in [4.69, 9.17) is 21.6 Å². The standard InChI is InChI=1S/C12H7ClN4O3/c1-7-2-3-8(5-14)4-9(7)20-12-10(17(18)19)11(13)15-6-16-12/h2-4,6H,1H3. The third kappa shape index (κ3) is 2.65. The lowest BCUT2D eigenvalue weighted by molar-refractivity contribution is -0.386. The number of hydrogen-bond acceptors (Lipinski definition) is 6. The van der Waals surface area contributed by atoms with Crippen molar-refractivity contribution in [3.05, 3.63) is 50.9 Å². The van der Waals surface area contributed by atoms with E-state index in [2.05, 4.69) is 9.97 Å². The Morgan fingerprint density at radius 1 is 1.45 bits per heavy atom. The molecule has 0 atom stereocenters. The normalized spacial score (nSPS) is 9.85. The second-order valence-corrected chi connectivity index (χ2v) is 4.13. The summed E-state index contributed by atoms with van der Waals surface area (Å²) in [5, 5.41) is 19.5. The summed E-state index contributed by atoms with van der Waals surface area (Å²) < 4.78 is 5.40. The van der Waals surface area contributed by atoms with Gasteiger partial charge in [-0.1, -0.05) is 17.7 Å². The molecule has 0 bridgehead atoms. The van der Waals surface area contributed by atoms with Crippen LogP contribution in [-0.2, 0) is 0 Å². The van der Waals surface area contributed by atoms with Crippen molar-refractivity contribution in [3.8, 4) is 17.7 Å². The fraction of sp³-hybridized carbons (Fsp3) is 0.0833. The van der Waals surface area contributed by atoms with Gasteiger partial charge in [-0.15, -0.1) is 0 Å². The van der Waals surface area contributed by atoms with Crippen molar-refractivity contribution in [2.75, 3.05) is 0 Å². The molecule has 0 aliphatic carbocycles. The molecule has 2 rings (SSSR count). The molecule has 0 saturated heterocycles. The second-order valence-electron chi connectivity index (χ2n) is 3.77.